The Morgan fingerprint density at radius 2 is 1.82 bits per heavy atom. The largest absolute Gasteiger partial charge is 0.494 e. The van der Waals surface area contributed by atoms with Crippen molar-refractivity contribution in [1.29, 1.82) is 0 Å². The molecule has 0 aromatic heterocycles. The van der Waals surface area contributed by atoms with Gasteiger partial charge in [-0.3, -0.25) is 0 Å². The number of benzene rings is 1. The topological polar surface area (TPSA) is 15.7 Å². The number of nitrogens with zero attached hydrogens (tertiary/aromatic N) is 2. The van der Waals surface area contributed by atoms with Gasteiger partial charge in [-0.15, -0.1) is 0 Å². The second-order valence-corrected chi connectivity index (χ2v) is 9.52. The van der Waals surface area contributed by atoms with Crippen LogP contribution in [0.1, 0.15) is 68.9 Å². The van der Waals surface area contributed by atoms with E-state index in [0.717, 1.165) is 37.3 Å². The molecule has 1 unspecified atom stereocenters. The van der Waals surface area contributed by atoms with Crippen LogP contribution < -0.4 is 4.74 Å². The van der Waals surface area contributed by atoms with Crippen molar-refractivity contribution < 1.29 is 4.74 Å². The lowest BCUT2D eigenvalue weighted by Gasteiger charge is -2.31. The molecule has 0 N–H and O–H groups in total. The SMILES string of the molecule is CN(CCCOc1ccc2c(c1)CCC(CN1CCCC1)C2)C1CCCCC1. The van der Waals surface area contributed by atoms with Crippen LogP contribution in [0.3, 0.4) is 0 Å². The minimum atomic E-state index is 0.811. The Kier molecular flexibility index (Phi) is 7.31. The molecule has 1 aromatic carbocycles. The van der Waals surface area contributed by atoms with Crippen LogP contribution >= 0.6 is 0 Å². The smallest absolute Gasteiger partial charge is 0.119 e. The molecule has 3 aliphatic rings. The molecule has 2 aliphatic carbocycles. The Bertz CT molecular complexity index is 605. The van der Waals surface area contributed by atoms with E-state index in [1.54, 1.807) is 5.56 Å². The van der Waals surface area contributed by atoms with Gasteiger partial charge in [-0.05, 0) is 101 Å². The monoisotopic (exact) mass is 384 g/mol. The number of hydrogen-bond acceptors (Lipinski definition) is 3. The van der Waals surface area contributed by atoms with E-state index in [4.69, 9.17) is 4.74 Å². The third kappa shape index (κ3) is 5.51. The zero-order chi connectivity index (χ0) is 19.2. The van der Waals surface area contributed by atoms with E-state index in [2.05, 4.69) is 35.0 Å². The van der Waals surface area contributed by atoms with E-state index >= 15 is 0 Å². The summed E-state index contributed by atoms with van der Waals surface area (Å²) in [5, 5.41) is 0. The Morgan fingerprint density at radius 3 is 2.64 bits per heavy atom. The first-order valence-corrected chi connectivity index (χ1v) is 11.9. The van der Waals surface area contributed by atoms with Crippen molar-refractivity contribution >= 4 is 0 Å². The van der Waals surface area contributed by atoms with Gasteiger partial charge in [0.25, 0.3) is 0 Å². The molecular weight excluding hydrogens is 344 g/mol. The van der Waals surface area contributed by atoms with Crippen LogP contribution in [0.5, 0.6) is 5.75 Å². The summed E-state index contributed by atoms with van der Waals surface area (Å²) in [5.41, 5.74) is 3.11. The summed E-state index contributed by atoms with van der Waals surface area (Å²) in [6.45, 7) is 5.96. The minimum absolute atomic E-state index is 0.811. The van der Waals surface area contributed by atoms with Crippen molar-refractivity contribution in [2.24, 2.45) is 5.92 Å². The molecule has 3 heteroatoms. The quantitative estimate of drug-likeness (QED) is 0.592. The third-order valence-corrected chi connectivity index (χ3v) is 7.35. The van der Waals surface area contributed by atoms with E-state index in [0.29, 0.717) is 0 Å². The van der Waals surface area contributed by atoms with E-state index in [1.165, 1.54) is 89.4 Å². The van der Waals surface area contributed by atoms with Gasteiger partial charge in [0, 0.05) is 19.1 Å². The molecule has 3 nitrogen and oxygen atoms in total. The molecule has 0 spiro atoms. The first-order chi connectivity index (χ1) is 13.8. The molecule has 0 amide bonds. The summed E-state index contributed by atoms with van der Waals surface area (Å²) in [7, 11) is 2.30. The normalized spacial score (nSPS) is 23.9. The van der Waals surface area contributed by atoms with Crippen LogP contribution in [-0.4, -0.2) is 55.7 Å². The van der Waals surface area contributed by atoms with Gasteiger partial charge >= 0.3 is 0 Å². The Balaban J connectivity index is 1.19. The van der Waals surface area contributed by atoms with Crippen LogP contribution in [0.4, 0.5) is 0 Å². The van der Waals surface area contributed by atoms with E-state index in [9.17, 15) is 0 Å². The molecular formula is C25H40N2O. The van der Waals surface area contributed by atoms with Crippen LogP contribution in [0.25, 0.3) is 0 Å². The lowest BCUT2D eigenvalue weighted by atomic mass is 9.83. The average molecular weight is 385 g/mol. The number of likely N-dealkylation sites (tertiary alicyclic amines) is 1. The fraction of sp³-hybridized carbons (Fsp3) is 0.760. The van der Waals surface area contributed by atoms with Crippen LogP contribution in [0, 0.1) is 5.92 Å². The standard InChI is InChI=1S/C25H40N2O/c1-26(24-8-3-2-4-9-24)14-7-17-28-25-13-12-22-18-21(10-11-23(22)19-25)20-27-15-5-6-16-27/h12-13,19,21,24H,2-11,14-18,20H2,1H3. The first kappa shape index (κ1) is 20.2. The van der Waals surface area contributed by atoms with Crippen molar-refractivity contribution in [3.63, 3.8) is 0 Å². The highest BCUT2D eigenvalue weighted by Crippen LogP contribution is 2.30. The van der Waals surface area contributed by atoms with Gasteiger partial charge in [0.1, 0.15) is 5.75 Å². The molecule has 1 saturated heterocycles. The summed E-state index contributed by atoms with van der Waals surface area (Å²) in [4.78, 5) is 5.24. The van der Waals surface area contributed by atoms with E-state index < -0.39 is 0 Å². The fourth-order valence-corrected chi connectivity index (χ4v) is 5.59. The van der Waals surface area contributed by atoms with Gasteiger partial charge in [-0.1, -0.05) is 25.3 Å². The molecule has 1 heterocycles. The highest BCUT2D eigenvalue weighted by atomic mass is 16.5. The van der Waals surface area contributed by atoms with Crippen LogP contribution in [0.2, 0.25) is 0 Å². The van der Waals surface area contributed by atoms with Crippen molar-refractivity contribution in [3.05, 3.63) is 29.3 Å². The van der Waals surface area contributed by atoms with Crippen molar-refractivity contribution in [3.8, 4) is 5.75 Å². The van der Waals surface area contributed by atoms with Crippen LogP contribution in [0.15, 0.2) is 18.2 Å². The van der Waals surface area contributed by atoms with Gasteiger partial charge < -0.3 is 14.5 Å². The zero-order valence-electron chi connectivity index (χ0n) is 18.0. The second kappa shape index (κ2) is 10.1. The maximum Gasteiger partial charge on any atom is 0.119 e. The van der Waals surface area contributed by atoms with E-state index in [1.807, 2.05) is 0 Å². The number of ether oxygens (including phenoxy) is 1. The van der Waals surface area contributed by atoms with Crippen molar-refractivity contribution in [2.45, 2.75) is 76.7 Å². The highest BCUT2D eigenvalue weighted by Gasteiger charge is 2.23. The lowest BCUT2D eigenvalue weighted by Crippen LogP contribution is -2.34. The third-order valence-electron chi connectivity index (χ3n) is 7.35. The molecule has 1 saturated carbocycles. The van der Waals surface area contributed by atoms with Gasteiger partial charge in [0.2, 0.25) is 0 Å². The first-order valence-electron chi connectivity index (χ1n) is 11.9. The van der Waals surface area contributed by atoms with Gasteiger partial charge in [-0.25, -0.2) is 0 Å². The molecule has 156 valence electrons. The fourth-order valence-electron chi connectivity index (χ4n) is 5.59. The van der Waals surface area contributed by atoms with Gasteiger partial charge in [0.15, 0.2) is 0 Å². The predicted molar refractivity (Wildman–Crippen MR) is 117 cm³/mol. The van der Waals surface area contributed by atoms with Gasteiger partial charge in [-0.2, -0.15) is 0 Å². The highest BCUT2D eigenvalue weighted by molar-refractivity contribution is 5.37. The zero-order valence-corrected chi connectivity index (χ0v) is 18.0. The van der Waals surface area contributed by atoms with Crippen molar-refractivity contribution in [1.82, 2.24) is 9.80 Å². The molecule has 28 heavy (non-hydrogen) atoms. The summed E-state index contributed by atoms with van der Waals surface area (Å²) in [5.74, 6) is 1.93. The molecule has 4 rings (SSSR count). The molecule has 0 bridgehead atoms. The summed E-state index contributed by atoms with van der Waals surface area (Å²) >= 11 is 0. The maximum absolute atomic E-state index is 6.11. The second-order valence-electron chi connectivity index (χ2n) is 9.52. The van der Waals surface area contributed by atoms with Gasteiger partial charge in [0.05, 0.1) is 6.61 Å². The van der Waals surface area contributed by atoms with E-state index in [-0.39, 0.29) is 0 Å². The Morgan fingerprint density at radius 1 is 1.00 bits per heavy atom. The summed E-state index contributed by atoms with van der Waals surface area (Å²) in [6.07, 6.45) is 14.8. The molecule has 0 radical (unpaired) electrons. The molecule has 2 fully saturated rings. The Hall–Kier alpha value is -1.06. The predicted octanol–water partition coefficient (Wildman–Crippen LogP) is 4.92. The van der Waals surface area contributed by atoms with Crippen LogP contribution in [-0.2, 0) is 12.8 Å². The number of fused-ring (bicyclic) bond motifs is 1. The number of rotatable bonds is 8. The molecule has 1 atom stereocenters. The maximum atomic E-state index is 6.11. The number of aryl methyl sites for hydroxylation is 1. The molecule has 1 aromatic rings. The van der Waals surface area contributed by atoms with Crippen molar-refractivity contribution in [2.75, 3.05) is 39.8 Å². The number of hydrogen-bond donors (Lipinski definition) is 0. The lowest BCUT2D eigenvalue weighted by molar-refractivity contribution is 0.177. The summed E-state index contributed by atoms with van der Waals surface area (Å²) in [6, 6.07) is 7.69. The minimum Gasteiger partial charge on any atom is -0.494 e. The summed E-state index contributed by atoms with van der Waals surface area (Å²) < 4.78 is 6.11. The average Bonchev–Trinajstić information content (AvgIpc) is 3.25. The Labute approximate surface area is 172 Å². The molecule has 1 aliphatic heterocycles.